The van der Waals surface area contributed by atoms with E-state index >= 15 is 0 Å². The number of hydrogen-bond donors (Lipinski definition) is 2. The second-order valence-corrected chi connectivity index (χ2v) is 5.24. The van der Waals surface area contributed by atoms with Crippen LogP contribution in [0.25, 0.3) is 0 Å². The van der Waals surface area contributed by atoms with Crippen LogP contribution in [-0.2, 0) is 4.79 Å². The van der Waals surface area contributed by atoms with E-state index in [0.717, 1.165) is 18.6 Å². The Balaban J connectivity index is 2.13. The molecule has 0 aliphatic carbocycles. The van der Waals surface area contributed by atoms with Gasteiger partial charge in [-0.1, -0.05) is 19.4 Å². The van der Waals surface area contributed by atoms with Crippen LogP contribution in [0.4, 0.5) is 8.78 Å². The highest BCUT2D eigenvalue weighted by Gasteiger charge is 2.31. The quantitative estimate of drug-likeness (QED) is 0.868. The minimum atomic E-state index is -1.29. The standard InChI is InChI=1S/C15H20F2N2O2/c1-2-4-12-15(21)18-7-8-19(12)9-13(20)14-10(16)5-3-6-11(14)17/h3,5-6,12-13,20H,2,4,7-9H2,1H3,(H,18,21). The summed E-state index contributed by atoms with van der Waals surface area (Å²) in [5.41, 5.74) is -0.335. The van der Waals surface area contributed by atoms with Crippen LogP contribution in [0.15, 0.2) is 18.2 Å². The Labute approximate surface area is 122 Å². The second kappa shape index (κ2) is 6.95. The lowest BCUT2D eigenvalue weighted by atomic mass is 10.0. The average Bonchev–Trinajstić information content (AvgIpc) is 2.42. The smallest absolute Gasteiger partial charge is 0.237 e. The van der Waals surface area contributed by atoms with Crippen LogP contribution in [0.2, 0.25) is 0 Å². The third kappa shape index (κ3) is 3.57. The number of amides is 1. The molecule has 4 nitrogen and oxygen atoms in total. The van der Waals surface area contributed by atoms with E-state index in [4.69, 9.17) is 0 Å². The van der Waals surface area contributed by atoms with Gasteiger partial charge in [-0.05, 0) is 18.6 Å². The van der Waals surface area contributed by atoms with E-state index in [1.165, 1.54) is 6.07 Å². The van der Waals surface area contributed by atoms with E-state index in [1.54, 1.807) is 4.90 Å². The predicted molar refractivity (Wildman–Crippen MR) is 74.6 cm³/mol. The molecule has 6 heteroatoms. The zero-order valence-electron chi connectivity index (χ0n) is 12.0. The Morgan fingerprint density at radius 3 is 2.71 bits per heavy atom. The highest BCUT2D eigenvalue weighted by molar-refractivity contribution is 5.82. The molecule has 2 unspecified atom stereocenters. The number of carbonyl (C=O) groups is 1. The maximum absolute atomic E-state index is 13.7. The monoisotopic (exact) mass is 298 g/mol. The summed E-state index contributed by atoms with van der Waals surface area (Å²) in [5, 5.41) is 12.9. The lowest BCUT2D eigenvalue weighted by molar-refractivity contribution is -0.130. The highest BCUT2D eigenvalue weighted by atomic mass is 19.1. The molecule has 0 saturated carbocycles. The number of halogens is 2. The normalized spacial score (nSPS) is 21.1. The van der Waals surface area contributed by atoms with Crippen LogP contribution >= 0.6 is 0 Å². The Morgan fingerprint density at radius 1 is 1.43 bits per heavy atom. The van der Waals surface area contributed by atoms with Gasteiger partial charge in [0.1, 0.15) is 11.6 Å². The molecule has 1 aliphatic rings. The molecule has 116 valence electrons. The van der Waals surface area contributed by atoms with Gasteiger partial charge in [0.2, 0.25) is 5.91 Å². The van der Waals surface area contributed by atoms with Crippen LogP contribution in [0.1, 0.15) is 31.4 Å². The number of piperazine rings is 1. The van der Waals surface area contributed by atoms with E-state index in [2.05, 4.69) is 5.32 Å². The molecule has 1 aromatic rings. The fourth-order valence-corrected chi connectivity index (χ4v) is 2.71. The Bertz CT molecular complexity index is 490. The zero-order valence-corrected chi connectivity index (χ0v) is 12.0. The van der Waals surface area contributed by atoms with Crippen molar-refractivity contribution in [1.29, 1.82) is 0 Å². The number of β-amino-alcohol motifs (C(OH)–C–C–N with tert-alkyl or cyclic N) is 1. The van der Waals surface area contributed by atoms with Crippen LogP contribution in [0.3, 0.4) is 0 Å². The highest BCUT2D eigenvalue weighted by Crippen LogP contribution is 2.23. The Morgan fingerprint density at radius 2 is 2.10 bits per heavy atom. The maximum atomic E-state index is 13.7. The molecule has 2 rings (SSSR count). The van der Waals surface area contributed by atoms with Crippen molar-refractivity contribution in [1.82, 2.24) is 10.2 Å². The predicted octanol–water partition coefficient (Wildman–Crippen LogP) is 1.60. The van der Waals surface area contributed by atoms with Gasteiger partial charge in [0.15, 0.2) is 0 Å². The number of aliphatic hydroxyl groups excluding tert-OH is 1. The summed E-state index contributed by atoms with van der Waals surface area (Å²) in [7, 11) is 0. The number of carbonyl (C=O) groups excluding carboxylic acids is 1. The summed E-state index contributed by atoms with van der Waals surface area (Å²) in [6, 6.07) is 3.14. The molecule has 0 aromatic heterocycles. The van der Waals surface area contributed by atoms with Crippen molar-refractivity contribution >= 4 is 5.91 Å². The number of hydrogen-bond acceptors (Lipinski definition) is 3. The maximum Gasteiger partial charge on any atom is 0.237 e. The molecule has 1 fully saturated rings. The lowest BCUT2D eigenvalue weighted by Crippen LogP contribution is -2.56. The molecule has 0 spiro atoms. The van der Waals surface area contributed by atoms with Crippen molar-refractivity contribution in [3.8, 4) is 0 Å². The summed E-state index contributed by atoms with van der Waals surface area (Å²) in [6.45, 7) is 3.04. The van der Waals surface area contributed by atoms with E-state index < -0.39 is 17.7 Å². The van der Waals surface area contributed by atoms with Crippen LogP contribution in [-0.4, -0.2) is 41.6 Å². The first kappa shape index (κ1) is 15.9. The van der Waals surface area contributed by atoms with Gasteiger partial charge >= 0.3 is 0 Å². The summed E-state index contributed by atoms with van der Waals surface area (Å²) < 4.78 is 27.4. The first-order valence-corrected chi connectivity index (χ1v) is 7.18. The van der Waals surface area contributed by atoms with Crippen LogP contribution in [0.5, 0.6) is 0 Å². The van der Waals surface area contributed by atoms with Crippen LogP contribution < -0.4 is 5.32 Å². The van der Waals surface area contributed by atoms with Crippen molar-refractivity contribution in [2.75, 3.05) is 19.6 Å². The third-order valence-corrected chi connectivity index (χ3v) is 3.74. The molecular weight excluding hydrogens is 278 g/mol. The van der Waals surface area contributed by atoms with E-state index in [1.807, 2.05) is 6.92 Å². The molecule has 1 heterocycles. The number of nitrogens with zero attached hydrogens (tertiary/aromatic N) is 1. The number of rotatable bonds is 5. The first-order chi connectivity index (χ1) is 10.0. The topological polar surface area (TPSA) is 52.6 Å². The Hall–Kier alpha value is -1.53. The van der Waals surface area contributed by atoms with E-state index in [-0.39, 0.29) is 24.1 Å². The number of aliphatic hydroxyl groups is 1. The largest absolute Gasteiger partial charge is 0.387 e. The van der Waals surface area contributed by atoms with Gasteiger partial charge in [0, 0.05) is 19.6 Å². The minimum absolute atomic E-state index is 0.0376. The Kier molecular flexibility index (Phi) is 5.25. The third-order valence-electron chi connectivity index (χ3n) is 3.74. The van der Waals surface area contributed by atoms with Crippen molar-refractivity contribution in [2.24, 2.45) is 0 Å². The van der Waals surface area contributed by atoms with E-state index in [9.17, 15) is 18.7 Å². The molecule has 2 N–H and O–H groups in total. The van der Waals surface area contributed by atoms with Crippen molar-refractivity contribution in [3.05, 3.63) is 35.4 Å². The van der Waals surface area contributed by atoms with E-state index in [0.29, 0.717) is 19.5 Å². The molecule has 1 aromatic carbocycles. The number of benzene rings is 1. The molecule has 0 radical (unpaired) electrons. The van der Waals surface area contributed by atoms with Gasteiger partial charge in [-0.25, -0.2) is 8.78 Å². The van der Waals surface area contributed by atoms with Crippen molar-refractivity contribution < 1.29 is 18.7 Å². The molecule has 1 aliphatic heterocycles. The van der Waals surface area contributed by atoms with Gasteiger partial charge < -0.3 is 10.4 Å². The van der Waals surface area contributed by atoms with Gasteiger partial charge in [-0.2, -0.15) is 0 Å². The number of nitrogens with one attached hydrogen (secondary N) is 1. The summed E-state index contributed by atoms with van der Waals surface area (Å²) in [5.74, 6) is -1.63. The molecule has 1 saturated heterocycles. The molecule has 1 amide bonds. The van der Waals surface area contributed by atoms with Crippen molar-refractivity contribution in [2.45, 2.75) is 31.9 Å². The summed E-state index contributed by atoms with van der Waals surface area (Å²) in [6.07, 6.45) is 0.174. The van der Waals surface area contributed by atoms with Gasteiger partial charge in [0.25, 0.3) is 0 Å². The zero-order chi connectivity index (χ0) is 15.4. The second-order valence-electron chi connectivity index (χ2n) is 5.24. The van der Waals surface area contributed by atoms with Crippen LogP contribution in [0, 0.1) is 11.6 Å². The molecule has 21 heavy (non-hydrogen) atoms. The fraction of sp³-hybridized carbons (Fsp3) is 0.533. The average molecular weight is 298 g/mol. The molecular formula is C15H20F2N2O2. The summed E-state index contributed by atoms with van der Waals surface area (Å²) >= 11 is 0. The SMILES string of the molecule is CCCC1C(=O)NCCN1CC(O)c1c(F)cccc1F. The fourth-order valence-electron chi connectivity index (χ4n) is 2.71. The first-order valence-electron chi connectivity index (χ1n) is 7.18. The summed E-state index contributed by atoms with van der Waals surface area (Å²) in [4.78, 5) is 13.7. The minimum Gasteiger partial charge on any atom is -0.387 e. The lowest BCUT2D eigenvalue weighted by Gasteiger charge is -2.36. The molecule has 0 bridgehead atoms. The van der Waals surface area contributed by atoms with Gasteiger partial charge in [-0.15, -0.1) is 0 Å². The molecule has 2 atom stereocenters. The van der Waals surface area contributed by atoms with Gasteiger partial charge in [0.05, 0.1) is 17.7 Å². The van der Waals surface area contributed by atoms with Crippen molar-refractivity contribution in [3.63, 3.8) is 0 Å². The van der Waals surface area contributed by atoms with Gasteiger partial charge in [-0.3, -0.25) is 9.69 Å².